The molecule has 0 saturated carbocycles. The fourth-order valence-electron chi connectivity index (χ4n) is 2.76. The number of aryl methyl sites for hydroxylation is 1. The number of amides is 1. The van der Waals surface area contributed by atoms with Crippen molar-refractivity contribution in [1.29, 1.82) is 0 Å². The number of nitrogens with zero attached hydrogens (tertiary/aromatic N) is 4. The molecule has 0 spiro atoms. The van der Waals surface area contributed by atoms with E-state index in [9.17, 15) is 4.79 Å². The molecule has 1 amide bonds. The molecule has 0 bridgehead atoms. The van der Waals surface area contributed by atoms with E-state index in [2.05, 4.69) is 46.5 Å². The molecule has 3 aromatic rings. The molecule has 7 nitrogen and oxygen atoms in total. The Bertz CT molecular complexity index is 951. The summed E-state index contributed by atoms with van der Waals surface area (Å²) in [4.78, 5) is 21.6. The topological polar surface area (TPSA) is 84.7 Å². The van der Waals surface area contributed by atoms with Gasteiger partial charge in [0.05, 0.1) is 18.1 Å². The minimum atomic E-state index is -0.0875. The number of nitrogens with one attached hydrogen (secondary N) is 2. The predicted octanol–water partition coefficient (Wildman–Crippen LogP) is 3.50. The lowest BCUT2D eigenvalue weighted by atomic mass is 10.1. The minimum Gasteiger partial charge on any atom is -0.367 e. The number of rotatable bonds is 8. The fraction of sp³-hybridized carbons (Fsp3) is 0.400. The normalized spacial score (nSPS) is 11.2. The summed E-state index contributed by atoms with van der Waals surface area (Å²) >= 11 is 1.60. The number of aromatic nitrogens is 4. The first kappa shape index (κ1) is 20.1. The Balaban J connectivity index is 1.74. The molecule has 2 aromatic heterocycles. The van der Waals surface area contributed by atoms with Crippen LogP contribution in [0.4, 0.5) is 5.82 Å². The summed E-state index contributed by atoms with van der Waals surface area (Å²) in [5, 5.41) is 12.4. The number of thioether (sulfide) groups is 1. The van der Waals surface area contributed by atoms with Crippen LogP contribution in [0.15, 0.2) is 35.6 Å². The summed E-state index contributed by atoms with van der Waals surface area (Å²) < 4.78 is 1.82. The van der Waals surface area contributed by atoms with Crippen LogP contribution in [0.3, 0.4) is 0 Å². The molecule has 0 fully saturated rings. The zero-order valence-corrected chi connectivity index (χ0v) is 17.5. The van der Waals surface area contributed by atoms with Gasteiger partial charge in [-0.05, 0) is 38.7 Å². The van der Waals surface area contributed by atoms with Crippen molar-refractivity contribution >= 4 is 34.5 Å². The molecular formula is C20H26N6OS. The second-order valence-electron chi connectivity index (χ2n) is 6.81. The molecule has 0 radical (unpaired) electrons. The van der Waals surface area contributed by atoms with Crippen LogP contribution in [-0.4, -0.2) is 44.0 Å². The van der Waals surface area contributed by atoms with Crippen LogP contribution in [0.2, 0.25) is 0 Å². The number of hydrogen-bond acceptors (Lipinski definition) is 6. The highest BCUT2D eigenvalue weighted by molar-refractivity contribution is 7.99. The van der Waals surface area contributed by atoms with Crippen molar-refractivity contribution < 1.29 is 4.79 Å². The first-order valence-corrected chi connectivity index (χ1v) is 10.4. The van der Waals surface area contributed by atoms with Crippen LogP contribution in [0, 0.1) is 6.92 Å². The summed E-state index contributed by atoms with van der Waals surface area (Å²) in [5.41, 5.74) is 2.56. The van der Waals surface area contributed by atoms with E-state index >= 15 is 0 Å². The van der Waals surface area contributed by atoms with Crippen molar-refractivity contribution in [2.75, 3.05) is 17.6 Å². The van der Waals surface area contributed by atoms with Gasteiger partial charge in [-0.1, -0.05) is 36.4 Å². The third-order valence-electron chi connectivity index (χ3n) is 4.10. The lowest BCUT2D eigenvalue weighted by Crippen LogP contribution is -2.27. The molecule has 0 saturated heterocycles. The Labute approximate surface area is 169 Å². The molecule has 0 atom stereocenters. The highest BCUT2D eigenvalue weighted by Gasteiger charge is 2.14. The standard InChI is InChI=1S/C20H26N6OS/c1-5-28-20-24-17(23-13(2)3)16-12-22-26(18(16)25-20)11-10-21-19(27)15-8-6-14(4)7-9-15/h6-9,12-13H,5,10-11H2,1-4H3,(H,21,27)(H,23,24,25). The van der Waals surface area contributed by atoms with Gasteiger partial charge in [0.2, 0.25) is 0 Å². The van der Waals surface area contributed by atoms with Crippen LogP contribution in [0.5, 0.6) is 0 Å². The summed E-state index contributed by atoms with van der Waals surface area (Å²) in [6.45, 7) is 9.23. The monoisotopic (exact) mass is 398 g/mol. The third kappa shape index (κ3) is 4.81. The van der Waals surface area contributed by atoms with Gasteiger partial charge in [0.1, 0.15) is 5.82 Å². The molecule has 1 aromatic carbocycles. The average molecular weight is 399 g/mol. The summed E-state index contributed by atoms with van der Waals surface area (Å²) in [6, 6.07) is 7.79. The van der Waals surface area contributed by atoms with Gasteiger partial charge in [-0.3, -0.25) is 4.79 Å². The Morgan fingerprint density at radius 1 is 1.21 bits per heavy atom. The number of fused-ring (bicyclic) bond motifs is 1. The maximum absolute atomic E-state index is 12.3. The molecule has 148 valence electrons. The van der Waals surface area contributed by atoms with E-state index in [-0.39, 0.29) is 11.9 Å². The van der Waals surface area contributed by atoms with E-state index in [0.29, 0.717) is 18.7 Å². The van der Waals surface area contributed by atoms with Crippen LogP contribution >= 0.6 is 11.8 Å². The van der Waals surface area contributed by atoms with Crippen LogP contribution < -0.4 is 10.6 Å². The van der Waals surface area contributed by atoms with E-state index in [0.717, 1.165) is 33.3 Å². The van der Waals surface area contributed by atoms with Crippen LogP contribution in [0.1, 0.15) is 36.7 Å². The molecule has 0 aliphatic carbocycles. The van der Waals surface area contributed by atoms with Gasteiger partial charge in [-0.25, -0.2) is 14.6 Å². The Morgan fingerprint density at radius 3 is 2.64 bits per heavy atom. The maximum Gasteiger partial charge on any atom is 0.251 e. The third-order valence-corrected chi connectivity index (χ3v) is 4.83. The highest BCUT2D eigenvalue weighted by atomic mass is 32.2. The van der Waals surface area contributed by atoms with Crippen LogP contribution in [0.25, 0.3) is 11.0 Å². The van der Waals surface area contributed by atoms with E-state index < -0.39 is 0 Å². The van der Waals surface area contributed by atoms with Gasteiger partial charge < -0.3 is 10.6 Å². The second-order valence-corrected chi connectivity index (χ2v) is 8.04. The molecule has 0 aliphatic heterocycles. The quantitative estimate of drug-likeness (QED) is 0.446. The second kappa shape index (κ2) is 9.05. The number of benzene rings is 1. The smallest absolute Gasteiger partial charge is 0.251 e. The van der Waals surface area contributed by atoms with Gasteiger partial charge in [0, 0.05) is 18.2 Å². The van der Waals surface area contributed by atoms with Crippen LogP contribution in [-0.2, 0) is 6.54 Å². The van der Waals surface area contributed by atoms with E-state index in [1.807, 2.05) is 35.9 Å². The van der Waals surface area contributed by atoms with Crippen molar-refractivity contribution in [2.45, 2.75) is 45.4 Å². The first-order valence-electron chi connectivity index (χ1n) is 9.45. The molecular weight excluding hydrogens is 372 g/mol. The van der Waals surface area contributed by atoms with E-state index in [4.69, 9.17) is 0 Å². The molecule has 2 N–H and O–H groups in total. The van der Waals surface area contributed by atoms with Gasteiger partial charge in [-0.2, -0.15) is 5.10 Å². The number of hydrogen-bond donors (Lipinski definition) is 2. The molecule has 0 aliphatic rings. The molecule has 8 heteroatoms. The largest absolute Gasteiger partial charge is 0.367 e. The van der Waals surface area contributed by atoms with E-state index in [1.54, 1.807) is 18.0 Å². The molecule has 28 heavy (non-hydrogen) atoms. The highest BCUT2D eigenvalue weighted by Crippen LogP contribution is 2.24. The fourth-order valence-corrected chi connectivity index (χ4v) is 3.32. The van der Waals surface area contributed by atoms with Gasteiger partial charge in [0.25, 0.3) is 5.91 Å². The molecule has 3 rings (SSSR count). The number of anilines is 1. The van der Waals surface area contributed by atoms with Gasteiger partial charge in [0.15, 0.2) is 10.8 Å². The Morgan fingerprint density at radius 2 is 1.96 bits per heavy atom. The summed E-state index contributed by atoms with van der Waals surface area (Å²) in [5.74, 6) is 1.61. The van der Waals surface area contributed by atoms with Crippen molar-refractivity contribution in [2.24, 2.45) is 0 Å². The Hall–Kier alpha value is -2.61. The van der Waals surface area contributed by atoms with E-state index in [1.165, 1.54) is 0 Å². The number of carbonyl (C=O) groups excluding carboxylic acids is 1. The zero-order valence-electron chi connectivity index (χ0n) is 16.7. The van der Waals surface area contributed by atoms with Gasteiger partial charge in [-0.15, -0.1) is 0 Å². The SMILES string of the molecule is CCSc1nc(NC(C)C)c2cnn(CCNC(=O)c3ccc(C)cc3)c2n1. The van der Waals surface area contributed by atoms with Crippen molar-refractivity contribution in [1.82, 2.24) is 25.1 Å². The van der Waals surface area contributed by atoms with Crippen molar-refractivity contribution in [3.8, 4) is 0 Å². The van der Waals surface area contributed by atoms with Crippen molar-refractivity contribution in [3.05, 3.63) is 41.6 Å². The summed E-state index contributed by atoms with van der Waals surface area (Å²) in [7, 11) is 0. The number of carbonyl (C=O) groups is 1. The minimum absolute atomic E-state index is 0.0875. The Kier molecular flexibility index (Phi) is 6.51. The maximum atomic E-state index is 12.3. The summed E-state index contributed by atoms with van der Waals surface area (Å²) in [6.07, 6.45) is 1.78. The lowest BCUT2D eigenvalue weighted by Gasteiger charge is -2.11. The predicted molar refractivity (Wildman–Crippen MR) is 114 cm³/mol. The van der Waals surface area contributed by atoms with Crippen molar-refractivity contribution in [3.63, 3.8) is 0 Å². The molecule has 2 heterocycles. The molecule has 0 unspecified atom stereocenters. The van der Waals surface area contributed by atoms with Gasteiger partial charge >= 0.3 is 0 Å². The zero-order chi connectivity index (χ0) is 20.1. The first-order chi connectivity index (χ1) is 13.5. The lowest BCUT2D eigenvalue weighted by molar-refractivity contribution is 0.0952. The average Bonchev–Trinajstić information content (AvgIpc) is 3.05.